The zero-order chi connectivity index (χ0) is 73.3. The number of aliphatic hydroxyl groups is 2. The number of nitrogens with two attached hydrogens (primary N) is 1. The van der Waals surface area contributed by atoms with E-state index in [-0.39, 0.29) is 172 Å². The Hall–Kier alpha value is -5.42. The van der Waals surface area contributed by atoms with Crippen LogP contribution < -0.4 is 27.0 Å². The van der Waals surface area contributed by atoms with Gasteiger partial charge in [0.05, 0.1) is 132 Å². The fourth-order valence-corrected chi connectivity index (χ4v) is 16.4. The fraction of sp³-hybridized carbons (Fsp3) is 0.808. The molecular formula is C73H114N8O22. The zero-order valence-electron chi connectivity index (χ0n) is 60.6. The molecule has 10 rings (SSSR count). The minimum Gasteiger partial charge on any atom is -0.391 e. The highest BCUT2D eigenvalue weighted by atomic mass is 16.7. The van der Waals surface area contributed by atoms with Crippen molar-refractivity contribution in [2.75, 3.05) is 112 Å². The molecule has 1 spiro atoms. The van der Waals surface area contributed by atoms with E-state index in [0.29, 0.717) is 90.6 Å². The maximum absolute atomic E-state index is 14.6. The molecule has 30 heteroatoms. The largest absolute Gasteiger partial charge is 0.391 e. The molecule has 30 nitrogen and oxygen atoms in total. The van der Waals surface area contributed by atoms with Gasteiger partial charge in [-0.15, -0.1) is 0 Å². The number of carbonyl (C=O) groups is 8. The topological polar surface area (TPSA) is 372 Å². The quantitative estimate of drug-likeness (QED) is 0.0517. The van der Waals surface area contributed by atoms with Crippen LogP contribution in [0.4, 0.5) is 4.79 Å². The average Bonchev–Trinajstić information content (AvgIpc) is 1.74. The van der Waals surface area contributed by atoms with Gasteiger partial charge in [0.25, 0.3) is 11.8 Å². The van der Waals surface area contributed by atoms with Gasteiger partial charge in [-0.05, 0) is 80.8 Å². The molecule has 10 aliphatic rings. The standard InChI is InChI=1S/C73H114N8O22/c1-43(2)66(78-62(85)16-20-79-22-26-93-30-32-95-28-24-80(25-29-96-33-31-94-27-23-79)63(86)17-21-81-64(87)13-14-65(81)88)71(90)77-53(8-7-19-75-72(74)91)70(89)76-42-48(83)38-59-67(92-6)52-37-47(82)36-50-10-12-56-69(99-50)61-40-60(100-56)68-54(84)41-73(102-61,103-68)18-15-51-35-45(4)55(97-51)11-9-49-34-44(3)46(5)57(98-49)39-58(52)101-59/h13-14,43-44,48-61,66-69,83-84H,4-5,7-12,15-42H2,1-3,6H3,(H,76,89)(H,77,90)(H,78,85)(H3,74,75,91)/t44-,48+,49+,50-,51+,52+,53+,54-,55+,56+,57-,58+,59-,60?,61-,66+,67-,68+,69+,73-/m1/s1. The van der Waals surface area contributed by atoms with Crippen molar-refractivity contribution in [1.29, 1.82) is 0 Å². The van der Waals surface area contributed by atoms with Gasteiger partial charge in [-0.3, -0.25) is 43.4 Å². The molecule has 9 fully saturated rings. The number of methoxy groups -OCH3 is 1. The average molecular weight is 1460 g/mol. The minimum atomic E-state index is -1.19. The van der Waals surface area contributed by atoms with Crippen LogP contribution in [-0.4, -0.2) is 294 Å². The second-order valence-corrected chi connectivity index (χ2v) is 29.9. The number of Topliss-reactive ketones (excluding diaryl/α,β-unsaturated/α-hetero) is 1. The van der Waals surface area contributed by atoms with Crippen molar-refractivity contribution in [1.82, 2.24) is 36.0 Å². The predicted molar refractivity (Wildman–Crippen MR) is 369 cm³/mol. The number of hydrogen-bond acceptors (Lipinski definition) is 23. The van der Waals surface area contributed by atoms with E-state index in [0.717, 1.165) is 28.9 Å². The maximum Gasteiger partial charge on any atom is 0.312 e. The number of aliphatic hydroxyl groups excluding tert-OH is 2. The molecule has 578 valence electrons. The van der Waals surface area contributed by atoms with Crippen molar-refractivity contribution in [2.45, 2.75) is 246 Å². The summed E-state index contributed by atoms with van der Waals surface area (Å²) in [5.74, 6) is -4.63. The molecule has 8 N–H and O–H groups in total. The van der Waals surface area contributed by atoms with Gasteiger partial charge in [0.15, 0.2) is 5.79 Å². The number of nitrogens with zero attached hydrogens (tertiary/aromatic N) is 3. The summed E-state index contributed by atoms with van der Waals surface area (Å²) in [5, 5.41) is 34.3. The van der Waals surface area contributed by atoms with Gasteiger partial charge in [-0.25, -0.2) is 4.79 Å². The third-order valence-electron chi connectivity index (χ3n) is 22.0. The summed E-state index contributed by atoms with van der Waals surface area (Å²) in [6.45, 7) is 18.3. The van der Waals surface area contributed by atoms with E-state index in [1.54, 1.807) is 25.9 Å². The van der Waals surface area contributed by atoms with Crippen LogP contribution in [0.15, 0.2) is 36.5 Å². The van der Waals surface area contributed by atoms with Crippen molar-refractivity contribution in [3.05, 3.63) is 36.5 Å². The van der Waals surface area contributed by atoms with Crippen LogP contribution in [-0.2, 0) is 90.4 Å². The first kappa shape index (κ1) is 80.1. The Labute approximate surface area is 604 Å². The van der Waals surface area contributed by atoms with E-state index < -0.39 is 120 Å². The SMILES string of the molecule is C=C1C[C@@H]2CC[C@]34C[C@@H](O)[C@H](O3)C3C[C@@H](O4)[C@H]4O[C@H](CC[C@@H]4O3)CC(=O)C[C@@H]3[C@@H](OC)[C@@H](C[C@H](O)CNC(=O)[C@H](CCCNC(N)=O)NC(=O)[C@@H](NC(=O)CCN4CCOCCOCCN(C(=O)CCN5C(=O)C=CC5=O)CCOCCOCC4)C(C)C)O[C@H]3C[C@H]3O[C@@H](CC[C@@H]1O2)C[C@@H](C)C3=C. The second kappa shape index (κ2) is 38.4. The zero-order valence-corrected chi connectivity index (χ0v) is 60.6. The summed E-state index contributed by atoms with van der Waals surface area (Å²) in [6, 6.07) is -2.98. The Bertz CT molecular complexity index is 2910. The van der Waals surface area contributed by atoms with Gasteiger partial charge in [0, 0.05) is 135 Å². The molecule has 8 amide bonds. The Morgan fingerprint density at radius 2 is 1.38 bits per heavy atom. The molecule has 0 radical (unpaired) electrons. The Morgan fingerprint density at radius 3 is 2.07 bits per heavy atom. The molecule has 0 aromatic heterocycles. The number of ether oxygens (including phenoxy) is 12. The second-order valence-electron chi connectivity index (χ2n) is 29.9. The number of amides is 8. The third-order valence-corrected chi connectivity index (χ3v) is 22.0. The number of nitrogens with one attached hydrogen (secondary N) is 4. The summed E-state index contributed by atoms with van der Waals surface area (Å²) in [7, 11) is 1.56. The maximum atomic E-state index is 14.6. The summed E-state index contributed by atoms with van der Waals surface area (Å²) < 4.78 is 77.2. The summed E-state index contributed by atoms with van der Waals surface area (Å²) in [5.41, 5.74) is 7.33. The summed E-state index contributed by atoms with van der Waals surface area (Å²) >= 11 is 0. The van der Waals surface area contributed by atoms with Gasteiger partial charge in [0.2, 0.25) is 23.6 Å². The molecule has 20 atom stereocenters. The molecule has 9 saturated heterocycles. The Morgan fingerprint density at radius 1 is 0.699 bits per heavy atom. The van der Waals surface area contributed by atoms with Crippen LogP contribution in [0, 0.1) is 17.8 Å². The molecule has 0 saturated carbocycles. The van der Waals surface area contributed by atoms with Gasteiger partial charge in [-0.1, -0.05) is 33.9 Å². The lowest BCUT2D eigenvalue weighted by atomic mass is 9.81. The van der Waals surface area contributed by atoms with Gasteiger partial charge >= 0.3 is 6.03 Å². The minimum absolute atomic E-state index is 0.00279. The monoisotopic (exact) mass is 1450 g/mol. The van der Waals surface area contributed by atoms with E-state index in [2.05, 4.69) is 41.3 Å². The lowest BCUT2D eigenvalue weighted by molar-refractivity contribution is -0.277. The predicted octanol–water partition coefficient (Wildman–Crippen LogP) is 1.57. The van der Waals surface area contributed by atoms with Gasteiger partial charge < -0.3 is 99.0 Å². The number of primary amides is 1. The fourth-order valence-electron chi connectivity index (χ4n) is 16.4. The van der Waals surface area contributed by atoms with Crippen LogP contribution in [0.5, 0.6) is 0 Å². The van der Waals surface area contributed by atoms with Crippen molar-refractivity contribution in [3.8, 4) is 0 Å². The molecule has 1 unspecified atom stereocenters. The van der Waals surface area contributed by atoms with Crippen LogP contribution in [0.1, 0.15) is 136 Å². The number of hydrogen-bond donors (Lipinski definition) is 7. The number of carbonyl (C=O) groups excluding carboxylic acids is 8. The lowest BCUT2D eigenvalue weighted by Crippen LogP contribution is -2.58. The number of rotatable bonds is 20. The Balaban J connectivity index is 0.732. The molecule has 10 heterocycles. The summed E-state index contributed by atoms with van der Waals surface area (Å²) in [4.78, 5) is 110. The van der Waals surface area contributed by atoms with Crippen molar-refractivity contribution in [3.63, 3.8) is 0 Å². The smallest absolute Gasteiger partial charge is 0.312 e. The highest BCUT2D eigenvalue weighted by molar-refractivity contribution is 6.13. The number of ketones is 1. The first-order valence-electron chi connectivity index (χ1n) is 37.7. The van der Waals surface area contributed by atoms with E-state index in [4.69, 9.17) is 62.6 Å². The highest BCUT2D eigenvalue weighted by Crippen LogP contribution is 2.49. The van der Waals surface area contributed by atoms with Crippen molar-refractivity contribution < 1.29 is 105 Å². The van der Waals surface area contributed by atoms with E-state index in [1.807, 2.05) is 4.90 Å². The van der Waals surface area contributed by atoms with Gasteiger partial charge in [-0.2, -0.15) is 0 Å². The molecule has 103 heavy (non-hydrogen) atoms. The number of fused-ring (bicyclic) bond motifs is 9. The normalized spacial score (nSPS) is 34.9. The Kier molecular flexibility index (Phi) is 29.9. The first-order chi connectivity index (χ1) is 49.5. The molecule has 0 aliphatic carbocycles. The number of urea groups is 1. The highest BCUT2D eigenvalue weighted by Gasteiger charge is 2.60. The van der Waals surface area contributed by atoms with Crippen molar-refractivity contribution in [2.24, 2.45) is 23.5 Å². The number of imide groups is 1. The van der Waals surface area contributed by atoms with Crippen molar-refractivity contribution >= 4 is 47.3 Å². The summed E-state index contributed by atoms with van der Waals surface area (Å²) in [6.07, 6.45) is 2.23. The van der Waals surface area contributed by atoms with E-state index >= 15 is 0 Å². The molecule has 0 aromatic rings. The van der Waals surface area contributed by atoms with Crippen LogP contribution in [0.25, 0.3) is 0 Å². The van der Waals surface area contributed by atoms with Crippen LogP contribution >= 0.6 is 0 Å². The lowest BCUT2D eigenvalue weighted by Gasteiger charge is -2.47. The van der Waals surface area contributed by atoms with Gasteiger partial charge in [0.1, 0.15) is 30.1 Å². The van der Waals surface area contributed by atoms with Crippen LogP contribution in [0.2, 0.25) is 0 Å². The first-order valence-corrected chi connectivity index (χ1v) is 37.7. The van der Waals surface area contributed by atoms with E-state index in [9.17, 15) is 48.6 Å². The van der Waals surface area contributed by atoms with E-state index in [1.165, 1.54) is 12.2 Å². The molecule has 10 aliphatic heterocycles. The third kappa shape index (κ3) is 22.4. The molecule has 0 aromatic carbocycles. The molecular weight excluding hydrogens is 1340 g/mol. The molecule has 10 bridgehead atoms. The van der Waals surface area contributed by atoms with Crippen LogP contribution in [0.3, 0.4) is 0 Å².